The van der Waals surface area contributed by atoms with E-state index in [-0.39, 0.29) is 11.9 Å². The van der Waals surface area contributed by atoms with Crippen LogP contribution in [0.25, 0.3) is 0 Å². The third-order valence-electron chi connectivity index (χ3n) is 3.12. The van der Waals surface area contributed by atoms with Gasteiger partial charge in [0.1, 0.15) is 5.69 Å². The number of amides is 1. The molecule has 3 heteroatoms. The highest BCUT2D eigenvalue weighted by Gasteiger charge is 2.13. The zero-order valence-electron chi connectivity index (χ0n) is 11.5. The third kappa shape index (κ3) is 3.19. The second-order valence-corrected chi connectivity index (χ2v) is 4.72. The third-order valence-corrected chi connectivity index (χ3v) is 3.12. The molecule has 0 aliphatic rings. The van der Waals surface area contributed by atoms with E-state index in [4.69, 9.17) is 0 Å². The maximum Gasteiger partial charge on any atom is 0.270 e. The Morgan fingerprint density at radius 1 is 1.11 bits per heavy atom. The smallest absolute Gasteiger partial charge is 0.270 e. The van der Waals surface area contributed by atoms with E-state index in [1.165, 1.54) is 5.56 Å². The van der Waals surface area contributed by atoms with Gasteiger partial charge < -0.3 is 5.32 Å². The highest BCUT2D eigenvalue weighted by atomic mass is 16.1. The lowest BCUT2D eigenvalue weighted by atomic mass is 10.0. The molecule has 1 amide bonds. The van der Waals surface area contributed by atoms with Crippen LogP contribution in [0.15, 0.2) is 42.5 Å². The van der Waals surface area contributed by atoms with Gasteiger partial charge in [-0.25, -0.2) is 4.98 Å². The van der Waals surface area contributed by atoms with E-state index in [0.717, 1.165) is 11.3 Å². The van der Waals surface area contributed by atoms with Gasteiger partial charge in [-0.3, -0.25) is 4.79 Å². The fourth-order valence-electron chi connectivity index (χ4n) is 2.09. The maximum absolute atomic E-state index is 12.1. The molecule has 0 spiro atoms. The van der Waals surface area contributed by atoms with Gasteiger partial charge in [0.15, 0.2) is 0 Å². The first-order valence-electron chi connectivity index (χ1n) is 6.38. The van der Waals surface area contributed by atoms with Crippen molar-refractivity contribution < 1.29 is 4.79 Å². The Balaban J connectivity index is 2.13. The van der Waals surface area contributed by atoms with Gasteiger partial charge in [-0.1, -0.05) is 30.3 Å². The quantitative estimate of drug-likeness (QED) is 0.914. The molecule has 19 heavy (non-hydrogen) atoms. The molecular weight excluding hydrogens is 236 g/mol. The van der Waals surface area contributed by atoms with Crippen LogP contribution < -0.4 is 5.32 Å². The second kappa shape index (κ2) is 5.65. The normalized spacial score (nSPS) is 11.9. The highest BCUT2D eigenvalue weighted by Crippen LogP contribution is 2.17. The molecule has 0 saturated heterocycles. The molecule has 0 saturated carbocycles. The lowest BCUT2D eigenvalue weighted by Gasteiger charge is -2.16. The first kappa shape index (κ1) is 13.3. The molecule has 98 valence electrons. The molecule has 0 bridgehead atoms. The van der Waals surface area contributed by atoms with Gasteiger partial charge in [-0.15, -0.1) is 0 Å². The van der Waals surface area contributed by atoms with Crippen molar-refractivity contribution in [1.29, 1.82) is 0 Å². The Hall–Kier alpha value is -2.16. The van der Waals surface area contributed by atoms with Crippen LogP contribution in [0, 0.1) is 13.8 Å². The molecule has 1 N–H and O–H groups in total. The average Bonchev–Trinajstić information content (AvgIpc) is 2.39. The molecule has 0 radical (unpaired) electrons. The monoisotopic (exact) mass is 254 g/mol. The van der Waals surface area contributed by atoms with Crippen LogP contribution in [-0.2, 0) is 0 Å². The fraction of sp³-hybridized carbons (Fsp3) is 0.250. The second-order valence-electron chi connectivity index (χ2n) is 4.72. The lowest BCUT2D eigenvalue weighted by Crippen LogP contribution is -2.27. The summed E-state index contributed by atoms with van der Waals surface area (Å²) in [6.07, 6.45) is 0. The number of aryl methyl sites for hydroxylation is 2. The van der Waals surface area contributed by atoms with Crippen LogP contribution in [0.3, 0.4) is 0 Å². The predicted octanol–water partition coefficient (Wildman–Crippen LogP) is 3.19. The predicted molar refractivity (Wildman–Crippen MR) is 76.0 cm³/mol. The number of aromatic nitrogens is 1. The van der Waals surface area contributed by atoms with Crippen molar-refractivity contribution >= 4 is 5.91 Å². The van der Waals surface area contributed by atoms with Gasteiger partial charge in [-0.2, -0.15) is 0 Å². The Morgan fingerprint density at radius 3 is 2.53 bits per heavy atom. The van der Waals surface area contributed by atoms with Crippen molar-refractivity contribution in [3.8, 4) is 0 Å². The minimum Gasteiger partial charge on any atom is -0.344 e. The van der Waals surface area contributed by atoms with Crippen molar-refractivity contribution in [3.05, 3.63) is 65.0 Å². The van der Waals surface area contributed by atoms with Gasteiger partial charge in [-0.05, 0) is 44.0 Å². The number of pyridine rings is 1. The largest absolute Gasteiger partial charge is 0.344 e. The number of nitrogens with one attached hydrogen (secondary N) is 1. The minimum atomic E-state index is -0.139. The fourth-order valence-corrected chi connectivity index (χ4v) is 2.09. The molecule has 3 nitrogen and oxygen atoms in total. The first-order valence-corrected chi connectivity index (χ1v) is 6.38. The molecule has 1 heterocycles. The van der Waals surface area contributed by atoms with Crippen molar-refractivity contribution in [2.24, 2.45) is 0 Å². The number of hydrogen-bond donors (Lipinski definition) is 1. The van der Waals surface area contributed by atoms with Gasteiger partial charge in [0.2, 0.25) is 0 Å². The van der Waals surface area contributed by atoms with Crippen molar-refractivity contribution in [2.45, 2.75) is 26.8 Å². The van der Waals surface area contributed by atoms with E-state index < -0.39 is 0 Å². The summed E-state index contributed by atoms with van der Waals surface area (Å²) >= 11 is 0. The van der Waals surface area contributed by atoms with Gasteiger partial charge in [0.05, 0.1) is 6.04 Å². The topological polar surface area (TPSA) is 42.0 Å². The molecule has 2 rings (SSSR count). The number of hydrogen-bond acceptors (Lipinski definition) is 2. The summed E-state index contributed by atoms with van der Waals surface area (Å²) in [6, 6.07) is 13.5. The molecule has 0 aliphatic carbocycles. The number of carbonyl (C=O) groups excluding carboxylic acids is 1. The summed E-state index contributed by atoms with van der Waals surface area (Å²) < 4.78 is 0. The van der Waals surface area contributed by atoms with Crippen LogP contribution in [0.2, 0.25) is 0 Å². The summed E-state index contributed by atoms with van der Waals surface area (Å²) in [5.74, 6) is -0.139. The Kier molecular flexibility index (Phi) is 3.95. The number of benzene rings is 1. The van der Waals surface area contributed by atoms with Gasteiger partial charge >= 0.3 is 0 Å². The van der Waals surface area contributed by atoms with Gasteiger partial charge in [0, 0.05) is 5.69 Å². The van der Waals surface area contributed by atoms with Crippen molar-refractivity contribution in [2.75, 3.05) is 0 Å². The summed E-state index contributed by atoms with van der Waals surface area (Å²) in [5, 5.41) is 2.98. The summed E-state index contributed by atoms with van der Waals surface area (Å²) in [5.41, 5.74) is 3.60. The molecule has 0 fully saturated rings. The van der Waals surface area contributed by atoms with E-state index in [1.54, 1.807) is 6.07 Å². The zero-order chi connectivity index (χ0) is 13.8. The average molecular weight is 254 g/mol. The number of nitrogens with zero attached hydrogens (tertiary/aromatic N) is 1. The van der Waals surface area contributed by atoms with Crippen molar-refractivity contribution in [1.82, 2.24) is 10.3 Å². The van der Waals surface area contributed by atoms with E-state index >= 15 is 0 Å². The molecular formula is C16H18N2O. The zero-order valence-corrected chi connectivity index (χ0v) is 11.5. The SMILES string of the molecule is Cc1cccc(C(=O)NC(C)c2ccccc2C)n1. The lowest BCUT2D eigenvalue weighted by molar-refractivity contribution is 0.0934. The molecule has 1 unspecified atom stereocenters. The summed E-state index contributed by atoms with van der Waals surface area (Å²) in [7, 11) is 0. The summed E-state index contributed by atoms with van der Waals surface area (Å²) in [4.78, 5) is 16.3. The van der Waals surface area contributed by atoms with Crippen LogP contribution in [0.5, 0.6) is 0 Å². The molecule has 1 atom stereocenters. The summed E-state index contributed by atoms with van der Waals surface area (Å²) in [6.45, 7) is 5.90. The molecule has 2 aromatic rings. The minimum absolute atomic E-state index is 0.0315. The molecule has 1 aromatic carbocycles. The van der Waals surface area contributed by atoms with Gasteiger partial charge in [0.25, 0.3) is 5.91 Å². The van der Waals surface area contributed by atoms with E-state index in [9.17, 15) is 4.79 Å². The van der Waals surface area contributed by atoms with Crippen LogP contribution >= 0.6 is 0 Å². The molecule has 1 aromatic heterocycles. The van der Waals surface area contributed by atoms with Crippen LogP contribution in [0.1, 0.15) is 40.3 Å². The highest BCUT2D eigenvalue weighted by molar-refractivity contribution is 5.92. The van der Waals surface area contributed by atoms with E-state index in [0.29, 0.717) is 5.69 Å². The maximum atomic E-state index is 12.1. The Labute approximate surface area is 113 Å². The van der Waals surface area contributed by atoms with E-state index in [1.807, 2.05) is 57.2 Å². The van der Waals surface area contributed by atoms with Crippen LogP contribution in [0.4, 0.5) is 0 Å². The van der Waals surface area contributed by atoms with Crippen LogP contribution in [-0.4, -0.2) is 10.9 Å². The Morgan fingerprint density at radius 2 is 1.84 bits per heavy atom. The Bertz CT molecular complexity index is 593. The number of carbonyl (C=O) groups is 1. The van der Waals surface area contributed by atoms with E-state index in [2.05, 4.69) is 10.3 Å². The van der Waals surface area contributed by atoms with Crippen molar-refractivity contribution in [3.63, 3.8) is 0 Å². The first-order chi connectivity index (χ1) is 9.08. The molecule has 0 aliphatic heterocycles. The number of rotatable bonds is 3. The standard InChI is InChI=1S/C16H18N2O/c1-11-7-4-5-9-14(11)13(3)18-16(19)15-10-6-8-12(2)17-15/h4-10,13H,1-3H3,(H,18,19).